The Balaban J connectivity index is 1.38. The van der Waals surface area contributed by atoms with Gasteiger partial charge in [0.1, 0.15) is 0 Å². The Bertz CT molecular complexity index is 786. The van der Waals surface area contributed by atoms with Crippen LogP contribution in [0.4, 0.5) is 0 Å². The first-order valence-electron chi connectivity index (χ1n) is 9.92. The third-order valence-corrected chi connectivity index (χ3v) is 7.52. The lowest BCUT2D eigenvalue weighted by Crippen LogP contribution is -2.44. The van der Waals surface area contributed by atoms with Crippen molar-refractivity contribution in [1.29, 1.82) is 0 Å². The van der Waals surface area contributed by atoms with Crippen molar-refractivity contribution in [2.75, 3.05) is 26.2 Å². The molecule has 1 aromatic carbocycles. The average Bonchev–Trinajstić information content (AvgIpc) is 3.44. The summed E-state index contributed by atoms with van der Waals surface area (Å²) in [6.45, 7) is 4.27. The maximum absolute atomic E-state index is 12.7. The molecule has 1 aromatic heterocycles. The number of benzene rings is 1. The van der Waals surface area contributed by atoms with Crippen LogP contribution in [0.2, 0.25) is 0 Å². The summed E-state index contributed by atoms with van der Waals surface area (Å²) in [5.74, 6) is 0.212. The molecule has 26 heavy (non-hydrogen) atoms. The molecule has 4 heteroatoms. The van der Waals surface area contributed by atoms with E-state index in [1.807, 2.05) is 16.8 Å². The van der Waals surface area contributed by atoms with Gasteiger partial charge in [0.05, 0.1) is 5.56 Å². The molecule has 1 atom stereocenters. The molecule has 2 aromatic rings. The van der Waals surface area contributed by atoms with Gasteiger partial charge in [0.2, 0.25) is 0 Å². The molecule has 1 spiro atoms. The molecule has 1 amide bonds. The summed E-state index contributed by atoms with van der Waals surface area (Å²) in [4.78, 5) is 17.5. The van der Waals surface area contributed by atoms with Crippen molar-refractivity contribution in [3.05, 3.63) is 57.8 Å². The van der Waals surface area contributed by atoms with Crippen LogP contribution in [0.15, 0.2) is 41.1 Å². The predicted molar refractivity (Wildman–Crippen MR) is 106 cm³/mol. The second-order valence-electron chi connectivity index (χ2n) is 8.13. The third-order valence-electron chi connectivity index (χ3n) is 6.83. The molecule has 2 saturated heterocycles. The Morgan fingerprint density at radius 2 is 1.81 bits per heavy atom. The van der Waals surface area contributed by atoms with Gasteiger partial charge in [-0.3, -0.25) is 9.69 Å². The van der Waals surface area contributed by atoms with Crippen LogP contribution < -0.4 is 0 Å². The van der Waals surface area contributed by atoms with Gasteiger partial charge in [-0.25, -0.2) is 0 Å². The largest absolute Gasteiger partial charge is 0.339 e. The van der Waals surface area contributed by atoms with Gasteiger partial charge < -0.3 is 4.90 Å². The molecule has 2 aliphatic heterocycles. The molecule has 0 saturated carbocycles. The van der Waals surface area contributed by atoms with E-state index in [1.165, 1.54) is 32.4 Å². The van der Waals surface area contributed by atoms with Crippen LogP contribution in [-0.2, 0) is 5.41 Å². The standard InChI is InChI=1S/C22H26N2OS/c25-21(17-7-14-26-16-17)24-12-8-22(9-13-24)15-20(23-10-3-4-11-23)18-5-1-2-6-19(18)22/h1-2,5-7,14,16,20H,3-4,8-13,15H2. The molecule has 0 radical (unpaired) electrons. The van der Waals surface area contributed by atoms with Crippen molar-refractivity contribution in [1.82, 2.24) is 9.80 Å². The summed E-state index contributed by atoms with van der Waals surface area (Å²) in [7, 11) is 0. The van der Waals surface area contributed by atoms with Gasteiger partial charge in [0.25, 0.3) is 5.91 Å². The number of thiophene rings is 1. The lowest BCUT2D eigenvalue weighted by Gasteiger charge is -2.40. The molecule has 2 fully saturated rings. The van der Waals surface area contributed by atoms with Gasteiger partial charge in [0.15, 0.2) is 0 Å². The van der Waals surface area contributed by atoms with Crippen molar-refractivity contribution in [2.24, 2.45) is 0 Å². The first-order chi connectivity index (χ1) is 12.8. The zero-order valence-corrected chi connectivity index (χ0v) is 16.0. The molecule has 0 bridgehead atoms. The number of hydrogen-bond donors (Lipinski definition) is 0. The molecule has 3 heterocycles. The molecule has 1 aliphatic carbocycles. The Morgan fingerprint density at radius 1 is 1.04 bits per heavy atom. The Hall–Kier alpha value is -1.65. The van der Waals surface area contributed by atoms with Crippen molar-refractivity contribution in [3.8, 4) is 0 Å². The highest BCUT2D eigenvalue weighted by Crippen LogP contribution is 2.53. The molecule has 3 aliphatic rings. The molecule has 3 nitrogen and oxygen atoms in total. The van der Waals surface area contributed by atoms with Crippen LogP contribution in [-0.4, -0.2) is 41.9 Å². The summed E-state index contributed by atoms with van der Waals surface area (Å²) in [6.07, 6.45) is 6.13. The quantitative estimate of drug-likeness (QED) is 0.783. The molecular weight excluding hydrogens is 340 g/mol. The van der Waals surface area contributed by atoms with Gasteiger partial charge in [-0.15, -0.1) is 0 Å². The van der Waals surface area contributed by atoms with Crippen molar-refractivity contribution < 1.29 is 4.79 Å². The SMILES string of the molecule is O=C(c1ccsc1)N1CCC2(CC1)CC(N1CCCC1)c1ccccc12. The van der Waals surface area contributed by atoms with Crippen molar-refractivity contribution in [2.45, 2.75) is 43.6 Å². The van der Waals surface area contributed by atoms with E-state index in [0.29, 0.717) is 6.04 Å². The van der Waals surface area contributed by atoms with Crippen molar-refractivity contribution in [3.63, 3.8) is 0 Å². The molecule has 1 unspecified atom stereocenters. The Morgan fingerprint density at radius 3 is 2.54 bits per heavy atom. The highest BCUT2D eigenvalue weighted by molar-refractivity contribution is 7.08. The normalized spacial score (nSPS) is 24.9. The number of carbonyl (C=O) groups is 1. The Labute approximate surface area is 159 Å². The van der Waals surface area contributed by atoms with Crippen LogP contribution in [0, 0.1) is 0 Å². The Kier molecular flexibility index (Phi) is 4.13. The first-order valence-corrected chi connectivity index (χ1v) is 10.9. The minimum Gasteiger partial charge on any atom is -0.339 e. The van der Waals surface area contributed by atoms with Crippen LogP contribution in [0.3, 0.4) is 0 Å². The highest BCUT2D eigenvalue weighted by atomic mass is 32.1. The fraction of sp³-hybridized carbons (Fsp3) is 0.500. The topological polar surface area (TPSA) is 23.6 Å². The summed E-state index contributed by atoms with van der Waals surface area (Å²) < 4.78 is 0. The number of carbonyl (C=O) groups excluding carboxylic acids is 1. The van der Waals surface area contributed by atoms with E-state index in [4.69, 9.17) is 0 Å². The van der Waals surface area contributed by atoms with E-state index in [2.05, 4.69) is 34.1 Å². The smallest absolute Gasteiger partial charge is 0.254 e. The van der Waals surface area contributed by atoms with Crippen LogP contribution in [0.1, 0.15) is 59.6 Å². The summed E-state index contributed by atoms with van der Waals surface area (Å²) in [5.41, 5.74) is 4.26. The maximum atomic E-state index is 12.7. The molecular formula is C22H26N2OS. The monoisotopic (exact) mass is 366 g/mol. The number of fused-ring (bicyclic) bond motifs is 2. The van der Waals surface area contributed by atoms with Gasteiger partial charge >= 0.3 is 0 Å². The lowest BCUT2D eigenvalue weighted by molar-refractivity contribution is 0.0649. The number of nitrogens with zero attached hydrogens (tertiary/aromatic N) is 2. The van der Waals surface area contributed by atoms with Gasteiger partial charge in [-0.1, -0.05) is 24.3 Å². The van der Waals surface area contributed by atoms with E-state index in [9.17, 15) is 4.79 Å². The summed E-state index contributed by atoms with van der Waals surface area (Å²) in [5, 5.41) is 3.97. The van der Waals surface area contributed by atoms with E-state index in [0.717, 1.165) is 31.5 Å². The van der Waals surface area contributed by atoms with Crippen LogP contribution in [0.25, 0.3) is 0 Å². The van der Waals surface area contributed by atoms with E-state index >= 15 is 0 Å². The summed E-state index contributed by atoms with van der Waals surface area (Å²) in [6, 6.07) is 11.7. The average molecular weight is 367 g/mol. The van der Waals surface area contributed by atoms with Crippen LogP contribution >= 0.6 is 11.3 Å². The molecule has 0 N–H and O–H groups in total. The number of likely N-dealkylation sites (tertiary alicyclic amines) is 2. The van der Waals surface area contributed by atoms with Crippen molar-refractivity contribution >= 4 is 17.2 Å². The number of rotatable bonds is 2. The van der Waals surface area contributed by atoms with E-state index < -0.39 is 0 Å². The first kappa shape index (κ1) is 16.5. The van der Waals surface area contributed by atoms with Gasteiger partial charge in [0, 0.05) is 29.9 Å². The van der Waals surface area contributed by atoms with E-state index in [1.54, 1.807) is 22.5 Å². The predicted octanol–water partition coefficient (Wildman–Crippen LogP) is 4.46. The third kappa shape index (κ3) is 2.62. The van der Waals surface area contributed by atoms with Gasteiger partial charge in [-0.05, 0) is 67.8 Å². The fourth-order valence-corrected chi connectivity index (χ4v) is 6.05. The second kappa shape index (κ2) is 6.50. The zero-order chi connectivity index (χ0) is 17.6. The van der Waals surface area contributed by atoms with Gasteiger partial charge in [-0.2, -0.15) is 11.3 Å². The minimum absolute atomic E-state index is 0.212. The number of amides is 1. The zero-order valence-electron chi connectivity index (χ0n) is 15.2. The minimum atomic E-state index is 0.212. The van der Waals surface area contributed by atoms with Crippen LogP contribution in [0.5, 0.6) is 0 Å². The maximum Gasteiger partial charge on any atom is 0.254 e. The fourth-order valence-electron chi connectivity index (χ4n) is 5.42. The molecule has 5 rings (SSSR count). The second-order valence-corrected chi connectivity index (χ2v) is 8.91. The highest BCUT2D eigenvalue weighted by Gasteiger charge is 2.47. The number of piperidine rings is 1. The number of hydrogen-bond acceptors (Lipinski definition) is 3. The lowest BCUT2D eigenvalue weighted by atomic mass is 9.73. The molecule has 136 valence electrons. The van der Waals surface area contributed by atoms with E-state index in [-0.39, 0.29) is 11.3 Å². The summed E-state index contributed by atoms with van der Waals surface area (Å²) >= 11 is 1.60.